The zero-order valence-corrected chi connectivity index (χ0v) is 38.5. The lowest BCUT2D eigenvalue weighted by Gasteiger charge is -2.32. The second-order valence-electron chi connectivity index (χ2n) is 19.2. The number of nitrogens with zero attached hydrogens (tertiary/aromatic N) is 1. The Bertz CT molecular complexity index is 3340. The highest BCUT2D eigenvalue weighted by atomic mass is 16.7. The van der Waals surface area contributed by atoms with Gasteiger partial charge in [-0.15, -0.1) is 0 Å². The van der Waals surface area contributed by atoms with Crippen LogP contribution in [-0.2, 0) is 15.7 Å². The highest BCUT2D eigenvalue weighted by Gasteiger charge is 2.51. The van der Waals surface area contributed by atoms with Crippen molar-refractivity contribution in [2.75, 3.05) is 0 Å². The van der Waals surface area contributed by atoms with Crippen LogP contribution in [0.25, 0.3) is 83.1 Å². The molecule has 9 aromatic rings. The van der Waals surface area contributed by atoms with Crippen LogP contribution in [-0.4, -0.2) is 22.9 Å². The van der Waals surface area contributed by atoms with Gasteiger partial charge in [0.15, 0.2) is 0 Å². The van der Waals surface area contributed by atoms with Crippen LogP contribution in [0.15, 0.2) is 206 Å². The minimum absolute atomic E-state index is 0.470. The van der Waals surface area contributed by atoms with Gasteiger partial charge in [0.25, 0.3) is 0 Å². The van der Waals surface area contributed by atoms with Crippen molar-refractivity contribution in [1.29, 1.82) is 0 Å². The minimum atomic E-state index is -0.510. The van der Waals surface area contributed by atoms with E-state index in [9.17, 15) is 0 Å². The fraction of sp³-hybridized carbons (Fsp3) is 0.161. The van der Waals surface area contributed by atoms with Gasteiger partial charge in [-0.2, -0.15) is 0 Å². The van der Waals surface area contributed by atoms with Gasteiger partial charge in [0.2, 0.25) is 0 Å². The van der Waals surface area contributed by atoms with E-state index in [1.807, 2.05) is 0 Å². The van der Waals surface area contributed by atoms with Gasteiger partial charge in [0, 0.05) is 16.5 Å². The second kappa shape index (κ2) is 16.8. The summed E-state index contributed by atoms with van der Waals surface area (Å²) in [5.74, 6) is 0.514. The first-order valence-electron chi connectivity index (χ1n) is 23.4. The predicted molar refractivity (Wildman–Crippen MR) is 279 cm³/mol. The van der Waals surface area contributed by atoms with Crippen molar-refractivity contribution < 1.29 is 9.31 Å². The van der Waals surface area contributed by atoms with E-state index in [2.05, 4.69) is 245 Å². The molecule has 0 amide bonds. The van der Waals surface area contributed by atoms with Gasteiger partial charge in [-0.3, -0.25) is 0 Å². The maximum absolute atomic E-state index is 6.72. The molecule has 0 radical (unpaired) electrons. The SMILES string of the molecule is Cc1ccc(-c2cccc(-c3cc(B4OC(C)(C)C(C)(C)O4)cc(-c4cccc(-c5ccc6c(c5)c5ccccc5n6-c5ccccc5)c4)c3)c2)cc1-c1ccccc1CC1C=CC=CC1. The van der Waals surface area contributed by atoms with Crippen molar-refractivity contribution in [3.8, 4) is 61.3 Å². The number of benzene rings is 8. The smallest absolute Gasteiger partial charge is 0.399 e. The first-order valence-corrected chi connectivity index (χ1v) is 23.4. The zero-order chi connectivity index (χ0) is 45.0. The van der Waals surface area contributed by atoms with Crippen LogP contribution in [0.3, 0.4) is 0 Å². The maximum atomic E-state index is 6.72. The molecule has 1 saturated heterocycles. The quantitative estimate of drug-likeness (QED) is 0.135. The first kappa shape index (κ1) is 41.7. The zero-order valence-electron chi connectivity index (χ0n) is 38.5. The summed E-state index contributed by atoms with van der Waals surface area (Å²) in [6.45, 7) is 10.7. The molecule has 4 heteroatoms. The first-order chi connectivity index (χ1) is 32.1. The van der Waals surface area contributed by atoms with Gasteiger partial charge in [-0.25, -0.2) is 0 Å². The monoisotopic (exact) mass is 855 g/mol. The van der Waals surface area contributed by atoms with Gasteiger partial charge >= 0.3 is 7.12 Å². The Morgan fingerprint density at radius 1 is 0.500 bits per heavy atom. The summed E-state index contributed by atoms with van der Waals surface area (Å²) in [5.41, 5.74) is 18.1. The molecule has 11 rings (SSSR count). The number of aryl methyl sites for hydroxylation is 1. The molecule has 2 heterocycles. The average molecular weight is 856 g/mol. The highest BCUT2D eigenvalue weighted by Crippen LogP contribution is 2.40. The molecule has 1 atom stereocenters. The normalized spacial score (nSPS) is 16.4. The van der Waals surface area contributed by atoms with E-state index in [0.29, 0.717) is 5.92 Å². The summed E-state index contributed by atoms with van der Waals surface area (Å²) < 4.78 is 15.8. The lowest BCUT2D eigenvalue weighted by atomic mass is 9.76. The lowest BCUT2D eigenvalue weighted by molar-refractivity contribution is 0.00578. The molecule has 1 aliphatic carbocycles. The van der Waals surface area contributed by atoms with Crippen LogP contribution >= 0.6 is 0 Å². The lowest BCUT2D eigenvalue weighted by Crippen LogP contribution is -2.41. The van der Waals surface area contributed by atoms with E-state index in [1.54, 1.807) is 0 Å². The van der Waals surface area contributed by atoms with Crippen LogP contribution < -0.4 is 5.46 Å². The molecule has 2 aliphatic rings. The molecule has 0 bridgehead atoms. The van der Waals surface area contributed by atoms with Crippen molar-refractivity contribution in [1.82, 2.24) is 4.57 Å². The Labute approximate surface area is 389 Å². The summed E-state index contributed by atoms with van der Waals surface area (Å²) in [6.07, 6.45) is 11.1. The Morgan fingerprint density at radius 2 is 1.08 bits per heavy atom. The average Bonchev–Trinajstić information content (AvgIpc) is 3.80. The third-order valence-electron chi connectivity index (χ3n) is 14.3. The molecule has 8 aromatic carbocycles. The van der Waals surface area contributed by atoms with Gasteiger partial charge in [-0.1, -0.05) is 152 Å². The van der Waals surface area contributed by atoms with Crippen molar-refractivity contribution in [2.45, 2.75) is 58.7 Å². The third kappa shape index (κ3) is 7.74. The highest BCUT2D eigenvalue weighted by molar-refractivity contribution is 6.62. The molecule has 0 spiro atoms. The molecule has 1 aromatic heterocycles. The van der Waals surface area contributed by atoms with Crippen LogP contribution in [0.1, 0.15) is 45.2 Å². The molecule has 66 heavy (non-hydrogen) atoms. The van der Waals surface area contributed by atoms with E-state index >= 15 is 0 Å². The van der Waals surface area contributed by atoms with E-state index in [0.717, 1.165) is 46.2 Å². The van der Waals surface area contributed by atoms with Gasteiger partial charge in [0.05, 0.1) is 22.2 Å². The minimum Gasteiger partial charge on any atom is -0.399 e. The van der Waals surface area contributed by atoms with Crippen molar-refractivity contribution in [3.63, 3.8) is 0 Å². The Morgan fingerprint density at radius 3 is 1.77 bits per heavy atom. The fourth-order valence-electron chi connectivity index (χ4n) is 9.98. The van der Waals surface area contributed by atoms with Crippen molar-refractivity contribution in [2.24, 2.45) is 5.92 Å². The summed E-state index contributed by atoms with van der Waals surface area (Å²) >= 11 is 0. The van der Waals surface area contributed by atoms with Gasteiger partial charge in [-0.05, 0) is 180 Å². The largest absolute Gasteiger partial charge is 0.494 e. The molecule has 1 fully saturated rings. The third-order valence-corrected chi connectivity index (χ3v) is 14.3. The number of para-hydroxylation sites is 2. The van der Waals surface area contributed by atoms with Gasteiger partial charge in [0.1, 0.15) is 0 Å². The molecule has 1 aliphatic heterocycles. The van der Waals surface area contributed by atoms with E-state index < -0.39 is 18.3 Å². The standard InChI is InChI=1S/C62H54BNO2/c1-42-30-31-48(40-57(42)55-27-13-12-20-50(55)34-43-18-8-6-9-19-43)44-21-16-23-46(35-44)51-37-52(39-53(38-51)63-65-61(2,3)62(4,5)66-63)47-24-17-22-45(36-47)49-32-33-60-58(41-49)56-28-14-15-29-59(56)64(60)54-25-10-7-11-26-54/h6-18,20-33,35-41,43H,19,34H2,1-5H3. The van der Waals surface area contributed by atoms with Crippen molar-refractivity contribution in [3.05, 3.63) is 217 Å². The Balaban J connectivity index is 0.983. The molecule has 322 valence electrons. The number of allylic oxidation sites excluding steroid dienone is 4. The van der Waals surface area contributed by atoms with Crippen LogP contribution in [0.2, 0.25) is 0 Å². The summed E-state index contributed by atoms with van der Waals surface area (Å²) in [5, 5.41) is 2.48. The number of hydrogen-bond acceptors (Lipinski definition) is 2. The molecule has 0 N–H and O–H groups in total. The number of rotatable bonds is 9. The summed E-state index contributed by atoms with van der Waals surface area (Å²) in [7, 11) is -0.510. The van der Waals surface area contributed by atoms with Crippen LogP contribution in [0, 0.1) is 12.8 Å². The van der Waals surface area contributed by atoms with Crippen molar-refractivity contribution >= 4 is 34.4 Å². The topological polar surface area (TPSA) is 23.4 Å². The van der Waals surface area contributed by atoms with E-state index in [1.165, 1.54) is 66.3 Å². The summed E-state index contributed by atoms with van der Waals surface area (Å²) in [4.78, 5) is 0. The maximum Gasteiger partial charge on any atom is 0.494 e. The fourth-order valence-corrected chi connectivity index (χ4v) is 9.98. The Kier molecular flexibility index (Phi) is 10.6. The van der Waals surface area contributed by atoms with E-state index in [-0.39, 0.29) is 0 Å². The van der Waals surface area contributed by atoms with Crippen LogP contribution in [0.4, 0.5) is 0 Å². The Hall–Kier alpha value is -6.98. The molecule has 1 unspecified atom stereocenters. The second-order valence-corrected chi connectivity index (χ2v) is 19.2. The molecule has 0 saturated carbocycles. The predicted octanol–water partition coefficient (Wildman–Crippen LogP) is 15.4. The number of fused-ring (bicyclic) bond motifs is 3. The van der Waals surface area contributed by atoms with E-state index in [4.69, 9.17) is 9.31 Å². The number of hydrogen-bond donors (Lipinski definition) is 0. The van der Waals surface area contributed by atoms with Gasteiger partial charge < -0.3 is 13.9 Å². The summed E-state index contributed by atoms with van der Waals surface area (Å²) in [6, 6.07) is 66.9. The van der Waals surface area contributed by atoms with Crippen LogP contribution in [0.5, 0.6) is 0 Å². The number of aromatic nitrogens is 1. The molecule has 3 nitrogen and oxygen atoms in total. The molecular formula is C62H54BNO2. The molecular weight excluding hydrogens is 801 g/mol.